The maximum Gasteiger partial charge on any atom is 0.336 e. The summed E-state index contributed by atoms with van der Waals surface area (Å²) in [5.41, 5.74) is 1.58. The van der Waals surface area contributed by atoms with Gasteiger partial charge in [0.2, 0.25) is 0 Å². The van der Waals surface area contributed by atoms with Crippen molar-refractivity contribution in [3.63, 3.8) is 0 Å². The number of nitrogens with zero attached hydrogens (tertiary/aromatic N) is 2. The number of rotatable bonds is 2. The van der Waals surface area contributed by atoms with Gasteiger partial charge >= 0.3 is 5.97 Å². The van der Waals surface area contributed by atoms with E-state index in [1.165, 1.54) is 17.4 Å². The molecule has 0 aliphatic heterocycles. The summed E-state index contributed by atoms with van der Waals surface area (Å²) in [4.78, 5) is 20.2. The van der Waals surface area contributed by atoms with E-state index in [-0.39, 0.29) is 10.6 Å². The molecule has 2 aromatic heterocycles. The van der Waals surface area contributed by atoms with Crippen molar-refractivity contribution in [2.45, 2.75) is 6.92 Å². The van der Waals surface area contributed by atoms with Crippen LogP contribution in [0.5, 0.6) is 0 Å². The van der Waals surface area contributed by atoms with Gasteiger partial charge in [-0.2, -0.15) is 0 Å². The highest BCUT2D eigenvalue weighted by atomic mass is 35.5. The summed E-state index contributed by atoms with van der Waals surface area (Å²) >= 11 is 13.6. The van der Waals surface area contributed by atoms with Gasteiger partial charge in [0.25, 0.3) is 0 Å². The lowest BCUT2D eigenvalue weighted by molar-refractivity contribution is 0.0699. The van der Waals surface area contributed by atoms with Crippen LogP contribution >= 0.6 is 34.5 Å². The highest BCUT2D eigenvalue weighted by molar-refractivity contribution is 7.09. The molecular formula is C14H8Cl2N2O2S. The number of benzene rings is 1. The molecule has 0 atom stereocenters. The number of aromatic nitrogens is 2. The monoisotopic (exact) mass is 338 g/mol. The van der Waals surface area contributed by atoms with Crippen LogP contribution in [0, 0.1) is 6.92 Å². The van der Waals surface area contributed by atoms with Gasteiger partial charge in [0.1, 0.15) is 0 Å². The molecule has 0 fully saturated rings. The third-order valence-electron chi connectivity index (χ3n) is 2.98. The number of thiazole rings is 1. The molecule has 0 spiro atoms. The third-order valence-corrected chi connectivity index (χ3v) is 4.55. The van der Waals surface area contributed by atoms with Crippen LogP contribution in [0.4, 0.5) is 0 Å². The van der Waals surface area contributed by atoms with Gasteiger partial charge in [0, 0.05) is 10.8 Å². The molecule has 21 heavy (non-hydrogen) atoms. The Labute approximate surface area is 134 Å². The van der Waals surface area contributed by atoms with Crippen LogP contribution in [0.25, 0.3) is 22.3 Å². The molecule has 0 radical (unpaired) electrons. The fourth-order valence-electron chi connectivity index (χ4n) is 2.02. The summed E-state index contributed by atoms with van der Waals surface area (Å²) in [5, 5.41) is 13.1. The van der Waals surface area contributed by atoms with Crippen molar-refractivity contribution >= 4 is 51.4 Å². The maximum atomic E-state index is 11.5. The predicted octanol–water partition coefficient (Wildman–Crippen LogP) is 4.67. The van der Waals surface area contributed by atoms with Crippen molar-refractivity contribution < 1.29 is 9.90 Å². The van der Waals surface area contributed by atoms with Crippen LogP contribution in [-0.2, 0) is 0 Å². The zero-order chi connectivity index (χ0) is 15.1. The zero-order valence-corrected chi connectivity index (χ0v) is 13.1. The Morgan fingerprint density at radius 3 is 2.62 bits per heavy atom. The zero-order valence-electron chi connectivity index (χ0n) is 10.7. The number of halogens is 2. The number of aryl methyl sites for hydroxylation is 1. The molecule has 106 valence electrons. The lowest BCUT2D eigenvalue weighted by Crippen LogP contribution is -2.01. The van der Waals surface area contributed by atoms with Gasteiger partial charge in [-0.3, -0.25) is 0 Å². The van der Waals surface area contributed by atoms with Crippen LogP contribution in [0.1, 0.15) is 15.4 Å². The molecule has 3 rings (SSSR count). The van der Waals surface area contributed by atoms with Crippen molar-refractivity contribution in [3.05, 3.63) is 44.2 Å². The molecule has 0 amide bonds. The molecule has 0 saturated carbocycles. The number of carbonyl (C=O) groups is 1. The van der Waals surface area contributed by atoms with E-state index in [0.717, 1.165) is 5.01 Å². The van der Waals surface area contributed by atoms with E-state index in [1.54, 1.807) is 12.1 Å². The lowest BCUT2D eigenvalue weighted by atomic mass is 10.1. The first-order valence-electron chi connectivity index (χ1n) is 5.92. The fraction of sp³-hybridized carbons (Fsp3) is 0.0714. The molecule has 0 saturated heterocycles. The molecule has 1 aromatic carbocycles. The lowest BCUT2D eigenvalue weighted by Gasteiger charge is -2.07. The van der Waals surface area contributed by atoms with Crippen LogP contribution in [-0.4, -0.2) is 21.0 Å². The largest absolute Gasteiger partial charge is 0.478 e. The van der Waals surface area contributed by atoms with Crippen LogP contribution in [0.15, 0.2) is 23.6 Å². The average Bonchev–Trinajstić information content (AvgIpc) is 2.88. The second kappa shape index (κ2) is 5.26. The Morgan fingerprint density at radius 1 is 1.24 bits per heavy atom. The van der Waals surface area contributed by atoms with Gasteiger partial charge in [-0.1, -0.05) is 29.3 Å². The summed E-state index contributed by atoms with van der Waals surface area (Å²) in [6.45, 7) is 1.87. The second-order valence-electron chi connectivity index (χ2n) is 4.37. The number of carboxylic acid groups (broad SMARTS) is 1. The first-order chi connectivity index (χ1) is 9.97. The number of fused-ring (bicyclic) bond motifs is 1. The molecule has 2 heterocycles. The Balaban J connectivity index is 2.38. The molecule has 3 aromatic rings. The van der Waals surface area contributed by atoms with Gasteiger partial charge in [-0.05, 0) is 19.1 Å². The topological polar surface area (TPSA) is 63.1 Å². The van der Waals surface area contributed by atoms with Gasteiger partial charge in [0.15, 0.2) is 0 Å². The van der Waals surface area contributed by atoms with E-state index in [9.17, 15) is 9.90 Å². The summed E-state index contributed by atoms with van der Waals surface area (Å²) in [6.07, 6.45) is 0. The Kier molecular flexibility index (Phi) is 3.57. The normalized spacial score (nSPS) is 11.0. The van der Waals surface area contributed by atoms with Gasteiger partial charge in [-0.25, -0.2) is 14.8 Å². The van der Waals surface area contributed by atoms with Crippen molar-refractivity contribution in [3.8, 4) is 11.4 Å². The van der Waals surface area contributed by atoms with E-state index in [0.29, 0.717) is 27.3 Å². The Bertz CT molecular complexity index is 877. The van der Waals surface area contributed by atoms with E-state index in [4.69, 9.17) is 23.2 Å². The van der Waals surface area contributed by atoms with Crippen molar-refractivity contribution in [2.24, 2.45) is 0 Å². The number of aromatic carboxylic acids is 1. The second-order valence-corrected chi connectivity index (χ2v) is 6.22. The van der Waals surface area contributed by atoms with E-state index in [2.05, 4.69) is 9.97 Å². The van der Waals surface area contributed by atoms with E-state index >= 15 is 0 Å². The van der Waals surface area contributed by atoms with Gasteiger partial charge in [0.05, 0.1) is 37.5 Å². The quantitative estimate of drug-likeness (QED) is 0.737. The van der Waals surface area contributed by atoms with Crippen molar-refractivity contribution in [1.29, 1.82) is 0 Å². The minimum absolute atomic E-state index is 0.124. The summed E-state index contributed by atoms with van der Waals surface area (Å²) in [7, 11) is 0. The molecule has 0 unspecified atom stereocenters. The highest BCUT2D eigenvalue weighted by Crippen LogP contribution is 2.33. The van der Waals surface area contributed by atoms with Crippen LogP contribution in [0.2, 0.25) is 10.0 Å². The molecule has 0 bridgehead atoms. The first kappa shape index (κ1) is 14.3. The van der Waals surface area contributed by atoms with E-state index < -0.39 is 5.97 Å². The molecule has 0 aliphatic carbocycles. The van der Waals surface area contributed by atoms with Gasteiger partial charge < -0.3 is 5.11 Å². The number of hydrogen-bond donors (Lipinski definition) is 1. The van der Waals surface area contributed by atoms with Crippen LogP contribution < -0.4 is 0 Å². The van der Waals surface area contributed by atoms with Crippen molar-refractivity contribution in [1.82, 2.24) is 9.97 Å². The smallest absolute Gasteiger partial charge is 0.336 e. The molecule has 1 N–H and O–H groups in total. The Hall–Kier alpha value is -1.69. The standard InChI is InChI=1S/C14H8Cl2N2O2S/c1-6-17-11(5-21-6)10-4-8(14(19)20)7-2-3-9(15)12(16)13(7)18-10/h2-5H,1H3,(H,19,20). The Morgan fingerprint density at radius 2 is 2.00 bits per heavy atom. The molecule has 4 nitrogen and oxygen atoms in total. The van der Waals surface area contributed by atoms with Crippen LogP contribution in [0.3, 0.4) is 0 Å². The minimum Gasteiger partial charge on any atom is -0.478 e. The fourth-order valence-corrected chi connectivity index (χ4v) is 2.99. The number of pyridine rings is 1. The number of hydrogen-bond acceptors (Lipinski definition) is 4. The van der Waals surface area contributed by atoms with E-state index in [1.807, 2.05) is 12.3 Å². The first-order valence-corrected chi connectivity index (χ1v) is 7.55. The minimum atomic E-state index is -1.05. The molecule has 7 heteroatoms. The van der Waals surface area contributed by atoms with Gasteiger partial charge in [-0.15, -0.1) is 11.3 Å². The summed E-state index contributed by atoms with van der Waals surface area (Å²) < 4.78 is 0. The molecule has 0 aliphatic rings. The number of carboxylic acids is 1. The SMILES string of the molecule is Cc1nc(-c2cc(C(=O)O)c3ccc(Cl)c(Cl)c3n2)cs1. The summed E-state index contributed by atoms with van der Waals surface area (Å²) in [5.74, 6) is -1.05. The maximum absolute atomic E-state index is 11.5. The molecular weight excluding hydrogens is 331 g/mol. The van der Waals surface area contributed by atoms with Crippen molar-refractivity contribution in [2.75, 3.05) is 0 Å². The highest BCUT2D eigenvalue weighted by Gasteiger charge is 2.17. The average molecular weight is 339 g/mol. The summed E-state index contributed by atoms with van der Waals surface area (Å²) in [6, 6.07) is 4.67. The third kappa shape index (κ3) is 2.48. The predicted molar refractivity (Wildman–Crippen MR) is 84.6 cm³/mol.